The van der Waals surface area contributed by atoms with Crippen molar-refractivity contribution in [1.29, 1.82) is 0 Å². The molecule has 214 valence electrons. The summed E-state index contributed by atoms with van der Waals surface area (Å²) >= 11 is 0. The fourth-order valence-electron chi connectivity index (χ4n) is 11.3. The van der Waals surface area contributed by atoms with E-state index < -0.39 is 64.4 Å². The minimum atomic E-state index is -1.77. The number of ether oxygens (including phenoxy) is 3. The summed E-state index contributed by atoms with van der Waals surface area (Å²) in [5, 5.41) is 49.0. The number of likely N-dealkylation sites (N-methyl/N-ethyl adjacent to an activating group) is 1. The predicted octanol–water partition coefficient (Wildman–Crippen LogP) is 0.828. The van der Waals surface area contributed by atoms with Gasteiger partial charge in [0.05, 0.1) is 36.5 Å². The first-order valence-electron chi connectivity index (χ1n) is 14.5. The highest BCUT2D eigenvalue weighted by Gasteiger charge is 2.91. The molecule has 6 fully saturated rings. The quantitative estimate of drug-likeness (QED) is 0.386. The molecule has 1 heterocycles. The van der Waals surface area contributed by atoms with Gasteiger partial charge in [0.15, 0.2) is 0 Å². The van der Waals surface area contributed by atoms with Gasteiger partial charge in [0.25, 0.3) is 0 Å². The minimum absolute atomic E-state index is 0.0857. The Bertz CT molecular complexity index is 1150. The van der Waals surface area contributed by atoms with Crippen LogP contribution in [-0.4, -0.2) is 107 Å². The van der Waals surface area contributed by atoms with Gasteiger partial charge >= 0.3 is 5.97 Å². The number of rotatable bonds is 6. The van der Waals surface area contributed by atoms with E-state index in [1.54, 1.807) is 38.5 Å². The standard InChI is InChI=1S/C30H41NO8/c1-4-31-14-27(15-32)11-10-20(33)29-18-12-17-19(37-2)13-28(35,30(36,26(29)31)24(38-3)23(27)29)21(18)22(17)39-25(34)16-8-6-5-7-9-16/h5-9,17-24,26,32-33,35-36H,4,10-15H2,1-3H3/t17-,18-,19+,20+,21-,22+,23-,24+,26+,27+,28-,29+,30+/m1/s1. The zero-order chi connectivity index (χ0) is 27.5. The maximum absolute atomic E-state index is 13.4. The number of aliphatic hydroxyl groups excluding tert-OH is 2. The van der Waals surface area contributed by atoms with Crippen LogP contribution in [0.25, 0.3) is 0 Å². The van der Waals surface area contributed by atoms with Crippen molar-refractivity contribution in [3.8, 4) is 0 Å². The molecule has 4 N–H and O–H groups in total. The molecule has 7 rings (SSSR count). The summed E-state index contributed by atoms with van der Waals surface area (Å²) in [5.74, 6) is -1.88. The molecule has 5 aliphatic carbocycles. The summed E-state index contributed by atoms with van der Waals surface area (Å²) < 4.78 is 18.4. The lowest BCUT2D eigenvalue weighted by Gasteiger charge is -2.69. The second-order valence-corrected chi connectivity index (χ2v) is 13.2. The first kappa shape index (κ1) is 26.3. The summed E-state index contributed by atoms with van der Waals surface area (Å²) in [7, 11) is 3.16. The molecule has 0 radical (unpaired) electrons. The van der Waals surface area contributed by atoms with Gasteiger partial charge in [-0.3, -0.25) is 4.90 Å². The average Bonchev–Trinajstić information content (AvgIpc) is 3.35. The third-order valence-electron chi connectivity index (χ3n) is 12.3. The van der Waals surface area contributed by atoms with Crippen LogP contribution in [0.15, 0.2) is 30.3 Å². The molecule has 1 aromatic rings. The van der Waals surface area contributed by atoms with Crippen LogP contribution < -0.4 is 0 Å². The van der Waals surface area contributed by atoms with Crippen molar-refractivity contribution in [2.45, 2.75) is 74.3 Å². The normalized spacial score (nSPS) is 53.1. The first-order chi connectivity index (χ1) is 18.7. The number of aliphatic hydroxyl groups is 4. The molecule has 6 aliphatic rings. The smallest absolute Gasteiger partial charge is 0.338 e. The predicted molar refractivity (Wildman–Crippen MR) is 139 cm³/mol. The number of carbonyl (C=O) groups is 1. The van der Waals surface area contributed by atoms with E-state index in [2.05, 4.69) is 4.90 Å². The van der Waals surface area contributed by atoms with Crippen molar-refractivity contribution >= 4 is 5.97 Å². The minimum Gasteiger partial charge on any atom is -0.458 e. The molecule has 1 spiro atoms. The number of nitrogens with zero attached hydrogens (tertiary/aromatic N) is 1. The largest absolute Gasteiger partial charge is 0.458 e. The molecule has 1 saturated heterocycles. The Morgan fingerprint density at radius 3 is 2.54 bits per heavy atom. The van der Waals surface area contributed by atoms with Crippen LogP contribution >= 0.6 is 0 Å². The summed E-state index contributed by atoms with van der Waals surface area (Å²) in [6.45, 7) is 3.11. The Morgan fingerprint density at radius 2 is 1.90 bits per heavy atom. The van der Waals surface area contributed by atoms with E-state index in [1.165, 1.54) is 0 Å². The first-order valence-corrected chi connectivity index (χ1v) is 14.5. The lowest BCUT2D eigenvalue weighted by molar-refractivity contribution is -0.316. The summed E-state index contributed by atoms with van der Waals surface area (Å²) in [5.41, 5.74) is -4.46. The fraction of sp³-hybridized carbons (Fsp3) is 0.767. The van der Waals surface area contributed by atoms with Gasteiger partial charge in [-0.15, -0.1) is 0 Å². The van der Waals surface area contributed by atoms with Gasteiger partial charge in [-0.2, -0.15) is 0 Å². The van der Waals surface area contributed by atoms with Crippen LogP contribution in [-0.2, 0) is 14.2 Å². The Hall–Kier alpha value is -1.59. The molecule has 0 aromatic heterocycles. The highest BCUT2D eigenvalue weighted by molar-refractivity contribution is 5.89. The number of fused-ring (bicyclic) bond motifs is 2. The van der Waals surface area contributed by atoms with Crippen molar-refractivity contribution in [3.63, 3.8) is 0 Å². The van der Waals surface area contributed by atoms with E-state index in [0.29, 0.717) is 37.9 Å². The molecule has 5 saturated carbocycles. The fourth-order valence-corrected chi connectivity index (χ4v) is 11.3. The SMILES string of the molecule is CCN1C[C@]2(CO)CC[C@H](O)[C@@]34[C@@H]5C[C@H]6[C@H](OC(=O)c7ccccc7)[C@@H]5[C@](O)(C[C@@H]6OC)[C@](O)([C@@H](OC)[C@H]23)[C@@H]14. The van der Waals surface area contributed by atoms with Crippen LogP contribution in [0, 0.1) is 34.5 Å². The van der Waals surface area contributed by atoms with Crippen LogP contribution in [0.1, 0.15) is 43.0 Å². The zero-order valence-corrected chi connectivity index (χ0v) is 22.9. The molecule has 39 heavy (non-hydrogen) atoms. The van der Waals surface area contributed by atoms with Crippen molar-refractivity contribution in [1.82, 2.24) is 4.90 Å². The molecular formula is C30H41NO8. The van der Waals surface area contributed by atoms with Gasteiger partial charge in [0.2, 0.25) is 0 Å². The van der Waals surface area contributed by atoms with E-state index >= 15 is 0 Å². The number of carbonyl (C=O) groups excluding carboxylic acids is 1. The molecule has 1 aromatic carbocycles. The monoisotopic (exact) mass is 543 g/mol. The number of hydrogen-bond acceptors (Lipinski definition) is 9. The van der Waals surface area contributed by atoms with Crippen LogP contribution in [0.2, 0.25) is 0 Å². The van der Waals surface area contributed by atoms with Crippen LogP contribution in [0.4, 0.5) is 0 Å². The van der Waals surface area contributed by atoms with E-state index in [4.69, 9.17) is 14.2 Å². The lowest BCUT2D eigenvalue weighted by Crippen LogP contribution is -2.82. The number of hydrogen-bond donors (Lipinski definition) is 4. The average molecular weight is 544 g/mol. The van der Waals surface area contributed by atoms with Crippen molar-refractivity contribution in [3.05, 3.63) is 35.9 Å². The number of piperidine rings is 1. The second kappa shape index (κ2) is 8.47. The number of likely N-dealkylation sites (tertiary alicyclic amines) is 1. The van der Waals surface area contributed by atoms with Gasteiger partial charge < -0.3 is 34.6 Å². The van der Waals surface area contributed by atoms with Crippen molar-refractivity contribution in [2.24, 2.45) is 34.5 Å². The van der Waals surface area contributed by atoms with Crippen LogP contribution in [0.5, 0.6) is 0 Å². The maximum atomic E-state index is 13.4. The van der Waals surface area contributed by atoms with Gasteiger partial charge in [-0.1, -0.05) is 25.1 Å². The highest BCUT2D eigenvalue weighted by Crippen LogP contribution is 2.80. The molecule has 0 amide bonds. The van der Waals surface area contributed by atoms with Gasteiger partial charge in [-0.25, -0.2) is 4.79 Å². The van der Waals surface area contributed by atoms with Crippen molar-refractivity contribution in [2.75, 3.05) is 33.9 Å². The third kappa shape index (κ3) is 2.79. The molecule has 9 heteroatoms. The molecule has 1 aliphatic heterocycles. The molecule has 0 unspecified atom stereocenters. The number of benzene rings is 1. The lowest BCUT2D eigenvalue weighted by atomic mass is 9.42. The van der Waals surface area contributed by atoms with Crippen LogP contribution in [0.3, 0.4) is 0 Å². The van der Waals surface area contributed by atoms with Gasteiger partial charge in [0, 0.05) is 55.8 Å². The van der Waals surface area contributed by atoms with Gasteiger partial charge in [0.1, 0.15) is 17.3 Å². The molecule has 9 nitrogen and oxygen atoms in total. The Balaban J connectivity index is 1.44. The van der Waals surface area contributed by atoms with E-state index in [-0.39, 0.29) is 30.8 Å². The maximum Gasteiger partial charge on any atom is 0.338 e. The number of esters is 1. The molecular weight excluding hydrogens is 502 g/mol. The van der Waals surface area contributed by atoms with E-state index in [9.17, 15) is 25.2 Å². The Labute approximate surface area is 229 Å². The summed E-state index contributed by atoms with van der Waals surface area (Å²) in [6.07, 6.45) is -0.809. The molecule has 7 bridgehead atoms. The summed E-state index contributed by atoms with van der Waals surface area (Å²) in [6, 6.07) is 8.25. The summed E-state index contributed by atoms with van der Waals surface area (Å²) in [4.78, 5) is 15.6. The highest BCUT2D eigenvalue weighted by atomic mass is 16.6. The second-order valence-electron chi connectivity index (χ2n) is 13.2. The zero-order valence-electron chi connectivity index (χ0n) is 22.9. The number of methoxy groups -OCH3 is 2. The van der Waals surface area contributed by atoms with Gasteiger partial charge in [-0.05, 0) is 43.9 Å². The van der Waals surface area contributed by atoms with E-state index in [1.807, 2.05) is 13.0 Å². The topological polar surface area (TPSA) is 129 Å². The Kier molecular flexibility index (Phi) is 5.72. The van der Waals surface area contributed by atoms with Crippen molar-refractivity contribution < 1.29 is 39.4 Å². The third-order valence-corrected chi connectivity index (χ3v) is 12.3. The molecule has 13 atom stereocenters. The van der Waals surface area contributed by atoms with E-state index in [0.717, 1.165) is 0 Å². The Morgan fingerprint density at radius 1 is 1.15 bits per heavy atom.